The lowest BCUT2D eigenvalue weighted by atomic mass is 9.76. The van der Waals surface area contributed by atoms with Gasteiger partial charge in [-0.15, -0.1) is 0 Å². The van der Waals surface area contributed by atoms with Crippen molar-refractivity contribution in [1.82, 2.24) is 4.90 Å². The molecule has 0 aliphatic heterocycles. The fourth-order valence-electron chi connectivity index (χ4n) is 5.42. The molecule has 0 heterocycles. The third-order valence-electron chi connectivity index (χ3n) is 6.64. The van der Waals surface area contributed by atoms with Gasteiger partial charge in [-0.2, -0.15) is 13.2 Å². The molecule has 27 heavy (non-hydrogen) atoms. The van der Waals surface area contributed by atoms with E-state index in [0.29, 0.717) is 17.9 Å². The van der Waals surface area contributed by atoms with E-state index in [1.807, 2.05) is 6.07 Å². The number of likely N-dealkylation sites (N-methyl/N-ethyl adjacent to an activating group) is 1. The van der Waals surface area contributed by atoms with Crippen molar-refractivity contribution in [1.29, 1.82) is 0 Å². The van der Waals surface area contributed by atoms with Gasteiger partial charge in [-0.25, -0.2) is 0 Å². The van der Waals surface area contributed by atoms with Crippen LogP contribution in [0.3, 0.4) is 0 Å². The minimum absolute atomic E-state index is 0.157. The standard InChI is InChI=1S/C23H26F3N/c1-27(2)21-13-12-19-18(15-6-4-3-5-7-15)11-9-16-8-10-17(23(24,25)26)14-20(16)22(19)21/h3-8,10,14,18-19,21-22H,9,11-13H2,1-2H3/t18-,19+,21+,22+/m1/s1. The second-order valence-electron chi connectivity index (χ2n) is 8.27. The van der Waals surface area contributed by atoms with Crippen LogP contribution in [0.4, 0.5) is 13.2 Å². The summed E-state index contributed by atoms with van der Waals surface area (Å²) in [4.78, 5) is 2.21. The summed E-state index contributed by atoms with van der Waals surface area (Å²) in [5, 5.41) is 0. The van der Waals surface area contributed by atoms with Crippen LogP contribution in [0.25, 0.3) is 0 Å². The van der Waals surface area contributed by atoms with Crippen LogP contribution in [0.15, 0.2) is 48.5 Å². The van der Waals surface area contributed by atoms with E-state index in [-0.39, 0.29) is 5.92 Å². The summed E-state index contributed by atoms with van der Waals surface area (Å²) >= 11 is 0. The highest BCUT2D eigenvalue weighted by molar-refractivity contribution is 5.41. The number of halogens is 3. The maximum Gasteiger partial charge on any atom is 0.416 e. The van der Waals surface area contributed by atoms with Gasteiger partial charge in [-0.3, -0.25) is 0 Å². The lowest BCUT2D eigenvalue weighted by Gasteiger charge is -2.33. The van der Waals surface area contributed by atoms with Gasteiger partial charge in [-0.1, -0.05) is 36.4 Å². The average molecular weight is 373 g/mol. The molecule has 0 saturated heterocycles. The minimum atomic E-state index is -4.29. The summed E-state index contributed by atoms with van der Waals surface area (Å²) in [5.41, 5.74) is 2.85. The zero-order chi connectivity index (χ0) is 19.2. The van der Waals surface area contributed by atoms with E-state index in [2.05, 4.69) is 43.3 Å². The smallest absolute Gasteiger partial charge is 0.306 e. The van der Waals surface area contributed by atoms with Gasteiger partial charge in [-0.05, 0) is 80.4 Å². The Morgan fingerprint density at radius 1 is 0.926 bits per heavy atom. The summed E-state index contributed by atoms with van der Waals surface area (Å²) in [5.74, 6) is 0.956. The van der Waals surface area contributed by atoms with Crippen molar-refractivity contribution in [3.63, 3.8) is 0 Å². The molecular weight excluding hydrogens is 347 g/mol. The van der Waals surface area contributed by atoms with E-state index < -0.39 is 11.7 Å². The molecule has 1 fully saturated rings. The highest BCUT2D eigenvalue weighted by Crippen LogP contribution is 2.53. The molecule has 0 radical (unpaired) electrons. The summed E-state index contributed by atoms with van der Waals surface area (Å²) < 4.78 is 40.2. The van der Waals surface area contributed by atoms with Gasteiger partial charge in [0.1, 0.15) is 0 Å². The van der Waals surface area contributed by atoms with Crippen LogP contribution in [-0.4, -0.2) is 25.0 Å². The van der Waals surface area contributed by atoms with Crippen molar-refractivity contribution in [3.05, 3.63) is 70.8 Å². The number of alkyl halides is 3. The number of nitrogens with zero attached hydrogens (tertiary/aromatic N) is 1. The highest BCUT2D eigenvalue weighted by Gasteiger charge is 2.45. The monoisotopic (exact) mass is 373 g/mol. The van der Waals surface area contributed by atoms with Crippen molar-refractivity contribution in [2.45, 2.75) is 49.7 Å². The molecule has 0 amide bonds. The maximum absolute atomic E-state index is 13.4. The zero-order valence-corrected chi connectivity index (χ0v) is 15.8. The summed E-state index contributed by atoms with van der Waals surface area (Å²) in [7, 11) is 4.12. The van der Waals surface area contributed by atoms with Crippen molar-refractivity contribution in [2.75, 3.05) is 14.1 Å². The van der Waals surface area contributed by atoms with Crippen molar-refractivity contribution >= 4 is 0 Å². The van der Waals surface area contributed by atoms with E-state index in [0.717, 1.165) is 36.8 Å². The molecular formula is C23H26F3N. The van der Waals surface area contributed by atoms with Gasteiger partial charge < -0.3 is 4.90 Å². The number of rotatable bonds is 2. The van der Waals surface area contributed by atoms with E-state index in [1.165, 1.54) is 17.7 Å². The Labute approximate surface area is 159 Å². The third-order valence-corrected chi connectivity index (χ3v) is 6.64. The summed E-state index contributed by atoms with van der Waals surface area (Å²) in [6.07, 6.45) is -0.324. The van der Waals surface area contributed by atoms with Gasteiger partial charge in [0.2, 0.25) is 0 Å². The first-order chi connectivity index (χ1) is 12.9. The lowest BCUT2D eigenvalue weighted by Crippen LogP contribution is -2.33. The molecule has 0 N–H and O–H groups in total. The molecule has 0 aromatic heterocycles. The number of fused-ring (bicyclic) bond motifs is 3. The largest absolute Gasteiger partial charge is 0.416 e. The van der Waals surface area contributed by atoms with Gasteiger partial charge in [0.25, 0.3) is 0 Å². The Morgan fingerprint density at radius 3 is 2.33 bits per heavy atom. The Kier molecular flexibility index (Phi) is 4.79. The van der Waals surface area contributed by atoms with Gasteiger partial charge >= 0.3 is 6.18 Å². The van der Waals surface area contributed by atoms with E-state index in [4.69, 9.17) is 0 Å². The fourth-order valence-corrected chi connectivity index (χ4v) is 5.42. The SMILES string of the molecule is CN(C)[C@H]1CC[C@@H]2[C@H]1c1cc(C(F)(F)F)ccc1CC[C@@H]2c1ccccc1. The minimum Gasteiger partial charge on any atom is -0.306 e. The molecule has 2 aromatic rings. The predicted octanol–water partition coefficient (Wildman–Crippen LogP) is 5.86. The average Bonchev–Trinajstić information content (AvgIpc) is 3.00. The molecule has 0 bridgehead atoms. The molecule has 1 saturated carbocycles. The van der Waals surface area contributed by atoms with Crippen molar-refractivity contribution in [3.8, 4) is 0 Å². The molecule has 4 atom stereocenters. The van der Waals surface area contributed by atoms with Crippen molar-refractivity contribution < 1.29 is 13.2 Å². The normalized spacial score (nSPS) is 27.9. The first-order valence-electron chi connectivity index (χ1n) is 9.77. The molecule has 2 aliphatic carbocycles. The Bertz CT molecular complexity index is 797. The first kappa shape index (κ1) is 18.5. The third kappa shape index (κ3) is 3.40. The molecule has 2 aromatic carbocycles. The Morgan fingerprint density at radius 2 is 1.67 bits per heavy atom. The van der Waals surface area contributed by atoms with Gasteiger partial charge in [0.05, 0.1) is 5.56 Å². The molecule has 0 spiro atoms. The Balaban J connectivity index is 1.82. The zero-order valence-electron chi connectivity index (χ0n) is 15.8. The van der Waals surface area contributed by atoms with Crippen LogP contribution in [0.2, 0.25) is 0 Å². The first-order valence-corrected chi connectivity index (χ1v) is 9.77. The maximum atomic E-state index is 13.4. The molecule has 144 valence electrons. The molecule has 1 nitrogen and oxygen atoms in total. The van der Waals surface area contributed by atoms with Gasteiger partial charge in [0, 0.05) is 12.0 Å². The van der Waals surface area contributed by atoms with Crippen LogP contribution in [0, 0.1) is 5.92 Å². The van der Waals surface area contributed by atoms with Crippen LogP contribution < -0.4 is 0 Å². The van der Waals surface area contributed by atoms with Gasteiger partial charge in [0.15, 0.2) is 0 Å². The molecule has 2 aliphatic rings. The van der Waals surface area contributed by atoms with E-state index in [9.17, 15) is 13.2 Å². The number of hydrogen-bond acceptors (Lipinski definition) is 1. The van der Waals surface area contributed by atoms with Crippen LogP contribution >= 0.6 is 0 Å². The van der Waals surface area contributed by atoms with Crippen LogP contribution in [-0.2, 0) is 12.6 Å². The molecule has 4 heteroatoms. The summed E-state index contributed by atoms with van der Waals surface area (Å²) in [6.45, 7) is 0. The number of hydrogen-bond donors (Lipinski definition) is 0. The van der Waals surface area contributed by atoms with E-state index in [1.54, 1.807) is 6.07 Å². The Hall–Kier alpha value is -1.81. The van der Waals surface area contributed by atoms with Crippen LogP contribution in [0.1, 0.15) is 53.4 Å². The summed E-state index contributed by atoms with van der Waals surface area (Å²) in [6, 6.07) is 15.3. The second kappa shape index (κ2) is 6.97. The van der Waals surface area contributed by atoms with Crippen LogP contribution in [0.5, 0.6) is 0 Å². The van der Waals surface area contributed by atoms with E-state index >= 15 is 0 Å². The molecule has 0 unspecified atom stereocenters. The van der Waals surface area contributed by atoms with Crippen molar-refractivity contribution in [2.24, 2.45) is 5.92 Å². The predicted molar refractivity (Wildman–Crippen MR) is 102 cm³/mol. The lowest BCUT2D eigenvalue weighted by molar-refractivity contribution is -0.137. The highest BCUT2D eigenvalue weighted by atomic mass is 19.4. The fraction of sp³-hybridized carbons (Fsp3) is 0.478. The number of benzene rings is 2. The molecule has 4 rings (SSSR count). The number of aryl methyl sites for hydroxylation is 1. The quantitative estimate of drug-likeness (QED) is 0.637. The topological polar surface area (TPSA) is 3.24 Å². The second-order valence-corrected chi connectivity index (χ2v) is 8.27.